The van der Waals surface area contributed by atoms with E-state index in [9.17, 15) is 4.79 Å². The van der Waals surface area contributed by atoms with Crippen LogP contribution < -0.4 is 10.2 Å². The fourth-order valence-corrected chi connectivity index (χ4v) is 3.32. The third kappa shape index (κ3) is 3.77. The fourth-order valence-electron chi connectivity index (χ4n) is 3.32. The van der Waals surface area contributed by atoms with Gasteiger partial charge in [-0.3, -0.25) is 9.48 Å². The van der Waals surface area contributed by atoms with E-state index in [1.165, 1.54) is 0 Å². The van der Waals surface area contributed by atoms with Gasteiger partial charge in [0.15, 0.2) is 0 Å². The molecule has 0 saturated heterocycles. The molecule has 0 spiro atoms. The molecule has 0 saturated carbocycles. The number of carbonyl (C=O) groups is 1. The highest BCUT2D eigenvalue weighted by Crippen LogP contribution is 2.31. The summed E-state index contributed by atoms with van der Waals surface area (Å²) in [5.41, 5.74) is 6.97. The minimum absolute atomic E-state index is 0.317. The SMILES string of the molecule is COc1ccccc1-c1cc(C(=O)N/N=C/c2cn(C)nc2C)c2ccccc2n1. The fraction of sp³-hybridized carbons (Fsp3) is 0.130. The molecule has 0 aliphatic heterocycles. The molecule has 0 atom stereocenters. The van der Waals surface area contributed by atoms with Crippen LogP contribution in [-0.2, 0) is 7.05 Å². The molecule has 2 aromatic carbocycles. The van der Waals surface area contributed by atoms with Crippen LogP contribution >= 0.6 is 0 Å². The third-order valence-electron chi connectivity index (χ3n) is 4.76. The third-order valence-corrected chi connectivity index (χ3v) is 4.76. The molecule has 2 heterocycles. The van der Waals surface area contributed by atoms with Gasteiger partial charge in [-0.2, -0.15) is 10.2 Å². The van der Waals surface area contributed by atoms with Crippen LogP contribution in [0.3, 0.4) is 0 Å². The number of aryl methyl sites for hydroxylation is 2. The average molecular weight is 399 g/mol. The maximum Gasteiger partial charge on any atom is 0.272 e. The summed E-state index contributed by atoms with van der Waals surface area (Å²) in [6.07, 6.45) is 3.43. The molecule has 1 N–H and O–H groups in total. The minimum Gasteiger partial charge on any atom is -0.496 e. The van der Waals surface area contributed by atoms with Crippen LogP contribution in [0.1, 0.15) is 21.6 Å². The van der Waals surface area contributed by atoms with Gasteiger partial charge in [0.1, 0.15) is 5.75 Å². The van der Waals surface area contributed by atoms with Crippen LogP contribution in [0, 0.1) is 6.92 Å². The van der Waals surface area contributed by atoms with Crippen LogP contribution in [-0.4, -0.2) is 34.0 Å². The van der Waals surface area contributed by atoms with Crippen LogP contribution in [0.15, 0.2) is 65.9 Å². The van der Waals surface area contributed by atoms with Gasteiger partial charge >= 0.3 is 0 Å². The van der Waals surface area contributed by atoms with Crippen molar-refractivity contribution in [2.75, 3.05) is 7.11 Å². The first-order valence-electron chi connectivity index (χ1n) is 9.43. The number of rotatable bonds is 5. The van der Waals surface area contributed by atoms with Gasteiger partial charge in [0.25, 0.3) is 5.91 Å². The summed E-state index contributed by atoms with van der Waals surface area (Å²) in [4.78, 5) is 17.7. The van der Waals surface area contributed by atoms with Gasteiger partial charge in [-0.25, -0.2) is 10.4 Å². The normalized spacial score (nSPS) is 11.2. The van der Waals surface area contributed by atoms with Crippen LogP contribution in [0.5, 0.6) is 5.75 Å². The second-order valence-corrected chi connectivity index (χ2v) is 6.82. The predicted molar refractivity (Wildman–Crippen MR) is 117 cm³/mol. The molecule has 0 aliphatic rings. The van der Waals surface area contributed by atoms with Gasteiger partial charge in [-0.1, -0.05) is 30.3 Å². The number of nitrogens with one attached hydrogen (secondary N) is 1. The zero-order valence-corrected chi connectivity index (χ0v) is 17.0. The molecule has 2 aromatic heterocycles. The monoisotopic (exact) mass is 399 g/mol. The Balaban J connectivity index is 1.72. The second-order valence-electron chi connectivity index (χ2n) is 6.82. The number of carbonyl (C=O) groups excluding carboxylic acids is 1. The number of aromatic nitrogens is 3. The average Bonchev–Trinajstić information content (AvgIpc) is 3.09. The van der Waals surface area contributed by atoms with Gasteiger partial charge in [0, 0.05) is 29.8 Å². The first-order valence-corrected chi connectivity index (χ1v) is 9.43. The van der Waals surface area contributed by atoms with Crippen molar-refractivity contribution in [1.29, 1.82) is 0 Å². The lowest BCUT2D eigenvalue weighted by Gasteiger charge is -2.11. The largest absolute Gasteiger partial charge is 0.496 e. The molecular formula is C23H21N5O2. The van der Waals surface area contributed by atoms with Crippen molar-refractivity contribution in [2.45, 2.75) is 6.92 Å². The molecule has 0 unspecified atom stereocenters. The standard InChI is InChI=1S/C23H21N5O2/c1-15-16(14-28(2)27-15)13-24-26-23(29)19-12-21(18-9-5-7-11-22(18)30-3)25-20-10-6-4-8-17(19)20/h4-14H,1-3H3,(H,26,29)/b24-13+. The highest BCUT2D eigenvalue weighted by atomic mass is 16.5. The van der Waals surface area contributed by atoms with Crippen molar-refractivity contribution in [3.05, 3.63) is 77.6 Å². The highest BCUT2D eigenvalue weighted by Gasteiger charge is 2.15. The lowest BCUT2D eigenvalue weighted by molar-refractivity contribution is 0.0956. The molecule has 7 heteroatoms. The van der Waals surface area contributed by atoms with E-state index in [2.05, 4.69) is 15.6 Å². The Morgan fingerprint density at radius 1 is 1.17 bits per heavy atom. The van der Waals surface area contributed by atoms with E-state index in [0.717, 1.165) is 27.7 Å². The molecule has 7 nitrogen and oxygen atoms in total. The first-order chi connectivity index (χ1) is 14.6. The summed E-state index contributed by atoms with van der Waals surface area (Å²) in [6, 6.07) is 16.9. The van der Waals surface area contributed by atoms with Crippen molar-refractivity contribution in [3.63, 3.8) is 0 Å². The van der Waals surface area contributed by atoms with E-state index < -0.39 is 0 Å². The lowest BCUT2D eigenvalue weighted by atomic mass is 10.0. The van der Waals surface area contributed by atoms with Crippen molar-refractivity contribution in [3.8, 4) is 17.0 Å². The van der Waals surface area contributed by atoms with Gasteiger partial charge in [-0.05, 0) is 31.2 Å². The number of para-hydroxylation sites is 2. The maximum atomic E-state index is 13.0. The summed E-state index contributed by atoms with van der Waals surface area (Å²) >= 11 is 0. The number of hydrazone groups is 1. The number of pyridine rings is 1. The molecule has 0 bridgehead atoms. The van der Waals surface area contributed by atoms with Gasteiger partial charge < -0.3 is 4.74 Å². The molecule has 150 valence electrons. The smallest absolute Gasteiger partial charge is 0.272 e. The van der Waals surface area contributed by atoms with Crippen molar-refractivity contribution >= 4 is 23.0 Å². The lowest BCUT2D eigenvalue weighted by Crippen LogP contribution is -2.18. The zero-order chi connectivity index (χ0) is 21.1. The summed E-state index contributed by atoms with van der Waals surface area (Å²) in [6.45, 7) is 1.89. The molecule has 30 heavy (non-hydrogen) atoms. The number of amides is 1. The molecule has 0 fully saturated rings. The summed E-state index contributed by atoms with van der Waals surface area (Å²) < 4.78 is 7.17. The van der Waals surface area contributed by atoms with E-state index in [-0.39, 0.29) is 5.91 Å². The number of ether oxygens (including phenoxy) is 1. The Morgan fingerprint density at radius 2 is 1.93 bits per heavy atom. The van der Waals surface area contributed by atoms with Gasteiger partial charge in [0.2, 0.25) is 0 Å². The van der Waals surface area contributed by atoms with Gasteiger partial charge in [-0.15, -0.1) is 0 Å². The summed E-state index contributed by atoms with van der Waals surface area (Å²) in [5, 5.41) is 9.13. The van der Waals surface area contributed by atoms with Crippen LogP contribution in [0.25, 0.3) is 22.2 Å². The number of hydrogen-bond donors (Lipinski definition) is 1. The van der Waals surface area contributed by atoms with Crippen LogP contribution in [0.4, 0.5) is 0 Å². The molecular weight excluding hydrogens is 378 g/mol. The number of fused-ring (bicyclic) bond motifs is 1. The van der Waals surface area contributed by atoms with Gasteiger partial charge in [0.05, 0.1) is 35.8 Å². The molecule has 0 aliphatic carbocycles. The first kappa shape index (κ1) is 19.3. The topological polar surface area (TPSA) is 81.4 Å². The van der Waals surface area contributed by atoms with Crippen molar-refractivity contribution < 1.29 is 9.53 Å². The zero-order valence-electron chi connectivity index (χ0n) is 17.0. The van der Waals surface area contributed by atoms with E-state index >= 15 is 0 Å². The Bertz CT molecular complexity index is 1260. The Hall–Kier alpha value is -4.00. The Labute approximate surface area is 174 Å². The summed E-state index contributed by atoms with van der Waals surface area (Å²) in [5.74, 6) is 0.374. The number of benzene rings is 2. The second kappa shape index (κ2) is 8.16. The van der Waals surface area contributed by atoms with Crippen molar-refractivity contribution in [1.82, 2.24) is 20.2 Å². The quantitative estimate of drug-likeness (QED) is 0.410. The molecule has 4 rings (SSSR count). The summed E-state index contributed by atoms with van der Waals surface area (Å²) in [7, 11) is 3.45. The highest BCUT2D eigenvalue weighted by molar-refractivity contribution is 6.07. The van der Waals surface area contributed by atoms with E-state index in [0.29, 0.717) is 17.0 Å². The Kier molecular flexibility index (Phi) is 5.26. The van der Waals surface area contributed by atoms with Crippen molar-refractivity contribution in [2.24, 2.45) is 12.1 Å². The number of hydrogen-bond acceptors (Lipinski definition) is 5. The van der Waals surface area contributed by atoms with E-state index in [4.69, 9.17) is 9.72 Å². The maximum absolute atomic E-state index is 13.0. The molecule has 0 radical (unpaired) electrons. The number of nitrogens with zero attached hydrogens (tertiary/aromatic N) is 4. The van der Waals surface area contributed by atoms with E-state index in [1.54, 1.807) is 24.1 Å². The number of methoxy groups -OCH3 is 1. The Morgan fingerprint density at radius 3 is 2.70 bits per heavy atom. The predicted octanol–water partition coefficient (Wildman–Crippen LogP) is 3.72. The van der Waals surface area contributed by atoms with Crippen LogP contribution in [0.2, 0.25) is 0 Å². The molecule has 4 aromatic rings. The molecule has 1 amide bonds. The minimum atomic E-state index is -0.317. The van der Waals surface area contributed by atoms with E-state index in [1.807, 2.05) is 68.7 Å².